The van der Waals surface area contributed by atoms with Gasteiger partial charge in [-0.05, 0) is 74.7 Å². The van der Waals surface area contributed by atoms with Crippen LogP contribution < -0.4 is 5.32 Å². The SMILES string of the molecule is Cc1cc(CCN2CCCCC2)ccc1Nc1nccc(-c2c[nH]c3ncccc23)n1. The maximum Gasteiger partial charge on any atom is 0.227 e. The Bertz CT molecular complexity index is 1180. The smallest absolute Gasteiger partial charge is 0.227 e. The van der Waals surface area contributed by atoms with Gasteiger partial charge in [0.1, 0.15) is 5.65 Å². The first kappa shape index (κ1) is 19.7. The molecular formula is C25H28N6. The number of aromatic nitrogens is 4. The van der Waals surface area contributed by atoms with Gasteiger partial charge >= 0.3 is 0 Å². The van der Waals surface area contributed by atoms with Crippen LogP contribution in [0.15, 0.2) is 55.0 Å². The van der Waals surface area contributed by atoms with E-state index in [-0.39, 0.29) is 0 Å². The number of H-pyrrole nitrogens is 1. The van der Waals surface area contributed by atoms with E-state index in [4.69, 9.17) is 4.98 Å². The number of anilines is 2. The van der Waals surface area contributed by atoms with Crippen molar-refractivity contribution in [3.8, 4) is 11.3 Å². The van der Waals surface area contributed by atoms with E-state index < -0.39 is 0 Å². The Morgan fingerprint density at radius 2 is 1.94 bits per heavy atom. The van der Waals surface area contributed by atoms with Crippen LogP contribution in [0.2, 0.25) is 0 Å². The average Bonchev–Trinajstić information content (AvgIpc) is 3.24. The third-order valence-electron chi connectivity index (χ3n) is 6.09. The van der Waals surface area contributed by atoms with Crippen molar-refractivity contribution in [3.63, 3.8) is 0 Å². The highest BCUT2D eigenvalue weighted by atomic mass is 15.1. The highest BCUT2D eigenvalue weighted by Gasteiger charge is 2.11. The lowest BCUT2D eigenvalue weighted by atomic mass is 10.1. The van der Waals surface area contributed by atoms with Gasteiger partial charge in [-0.15, -0.1) is 0 Å². The van der Waals surface area contributed by atoms with Crippen LogP contribution in [0.5, 0.6) is 0 Å². The van der Waals surface area contributed by atoms with Gasteiger partial charge in [-0.25, -0.2) is 15.0 Å². The van der Waals surface area contributed by atoms with Crippen LogP contribution in [0, 0.1) is 6.92 Å². The summed E-state index contributed by atoms with van der Waals surface area (Å²) < 4.78 is 0. The van der Waals surface area contributed by atoms with Crippen molar-refractivity contribution in [2.24, 2.45) is 0 Å². The Morgan fingerprint density at radius 3 is 2.81 bits per heavy atom. The van der Waals surface area contributed by atoms with Crippen molar-refractivity contribution in [3.05, 3.63) is 66.1 Å². The molecule has 0 radical (unpaired) electrons. The molecule has 0 amide bonds. The van der Waals surface area contributed by atoms with Crippen LogP contribution >= 0.6 is 0 Å². The maximum absolute atomic E-state index is 4.75. The molecule has 0 atom stereocenters. The topological polar surface area (TPSA) is 69.7 Å². The molecule has 1 saturated heterocycles. The number of nitrogens with one attached hydrogen (secondary N) is 2. The number of piperidine rings is 1. The van der Waals surface area contributed by atoms with Crippen LogP contribution in [0.4, 0.5) is 11.6 Å². The molecule has 2 N–H and O–H groups in total. The van der Waals surface area contributed by atoms with Crippen molar-refractivity contribution in [2.45, 2.75) is 32.6 Å². The number of fused-ring (bicyclic) bond motifs is 1. The van der Waals surface area contributed by atoms with Crippen LogP contribution in [-0.2, 0) is 6.42 Å². The fourth-order valence-corrected chi connectivity index (χ4v) is 4.35. The van der Waals surface area contributed by atoms with Gasteiger partial charge in [0.25, 0.3) is 0 Å². The third-order valence-corrected chi connectivity index (χ3v) is 6.09. The monoisotopic (exact) mass is 412 g/mol. The first-order valence-electron chi connectivity index (χ1n) is 11.1. The fourth-order valence-electron chi connectivity index (χ4n) is 4.35. The molecule has 6 nitrogen and oxygen atoms in total. The summed E-state index contributed by atoms with van der Waals surface area (Å²) in [5.74, 6) is 0.597. The molecule has 0 saturated carbocycles. The minimum Gasteiger partial charge on any atom is -0.345 e. The second kappa shape index (κ2) is 8.86. The predicted octanol–water partition coefficient (Wildman–Crippen LogP) is 5.10. The van der Waals surface area contributed by atoms with Crippen LogP contribution in [0.3, 0.4) is 0 Å². The van der Waals surface area contributed by atoms with E-state index in [0.29, 0.717) is 5.95 Å². The molecule has 0 unspecified atom stereocenters. The molecule has 4 heterocycles. The number of likely N-dealkylation sites (tertiary alicyclic amines) is 1. The number of rotatable bonds is 6. The molecule has 3 aromatic heterocycles. The zero-order valence-electron chi connectivity index (χ0n) is 17.9. The quantitative estimate of drug-likeness (QED) is 0.461. The second-order valence-corrected chi connectivity index (χ2v) is 8.29. The van der Waals surface area contributed by atoms with E-state index in [9.17, 15) is 0 Å². The standard InChI is InChI=1S/C25H28N6/c1-18-16-19(10-15-31-13-3-2-4-14-31)7-8-22(18)29-25-27-12-9-23(30-25)21-17-28-24-20(21)6-5-11-26-24/h5-9,11-12,16-17H,2-4,10,13-15H2,1H3,(H,26,28)(H,27,29,30). The Morgan fingerprint density at radius 1 is 1.03 bits per heavy atom. The molecule has 1 aliphatic rings. The lowest BCUT2D eigenvalue weighted by molar-refractivity contribution is 0.231. The number of benzene rings is 1. The van der Waals surface area contributed by atoms with Crippen LogP contribution in [0.25, 0.3) is 22.3 Å². The van der Waals surface area contributed by atoms with Gasteiger partial charge in [-0.2, -0.15) is 0 Å². The number of aryl methyl sites for hydroxylation is 1. The molecule has 0 bridgehead atoms. The number of hydrogen-bond donors (Lipinski definition) is 2. The van der Waals surface area contributed by atoms with Crippen LogP contribution in [0.1, 0.15) is 30.4 Å². The summed E-state index contributed by atoms with van der Waals surface area (Å²) in [7, 11) is 0. The number of aromatic amines is 1. The predicted molar refractivity (Wildman–Crippen MR) is 126 cm³/mol. The minimum absolute atomic E-state index is 0.597. The molecule has 1 aromatic carbocycles. The normalized spacial score (nSPS) is 14.7. The van der Waals surface area contributed by atoms with Gasteiger partial charge in [0.15, 0.2) is 0 Å². The first-order valence-corrected chi connectivity index (χ1v) is 11.1. The summed E-state index contributed by atoms with van der Waals surface area (Å²) in [6, 6.07) is 12.6. The molecule has 4 aromatic rings. The Hall–Kier alpha value is -3.25. The number of hydrogen-bond acceptors (Lipinski definition) is 5. The zero-order valence-corrected chi connectivity index (χ0v) is 17.9. The number of nitrogens with zero attached hydrogens (tertiary/aromatic N) is 4. The van der Waals surface area contributed by atoms with E-state index >= 15 is 0 Å². The molecule has 1 fully saturated rings. The van der Waals surface area contributed by atoms with E-state index in [2.05, 4.69) is 56.4 Å². The van der Waals surface area contributed by atoms with Gasteiger partial charge in [0.2, 0.25) is 5.95 Å². The average molecular weight is 413 g/mol. The van der Waals surface area contributed by atoms with E-state index in [0.717, 1.165) is 40.9 Å². The molecule has 158 valence electrons. The summed E-state index contributed by atoms with van der Waals surface area (Å²) in [5.41, 5.74) is 6.39. The van der Waals surface area contributed by atoms with Gasteiger partial charge < -0.3 is 15.2 Å². The number of pyridine rings is 1. The zero-order chi connectivity index (χ0) is 21.0. The highest BCUT2D eigenvalue weighted by molar-refractivity contribution is 5.92. The van der Waals surface area contributed by atoms with Crippen molar-refractivity contribution >= 4 is 22.7 Å². The third kappa shape index (κ3) is 4.44. The molecular weight excluding hydrogens is 384 g/mol. The van der Waals surface area contributed by atoms with Crippen molar-refractivity contribution in [1.29, 1.82) is 0 Å². The molecule has 0 spiro atoms. The van der Waals surface area contributed by atoms with Gasteiger partial charge in [0, 0.05) is 41.8 Å². The first-order chi connectivity index (χ1) is 15.3. The molecule has 6 heteroatoms. The minimum atomic E-state index is 0.597. The largest absolute Gasteiger partial charge is 0.345 e. The molecule has 1 aliphatic heterocycles. The Labute approximate surface area is 182 Å². The fraction of sp³-hybridized carbons (Fsp3) is 0.320. The van der Waals surface area contributed by atoms with Gasteiger partial charge in [-0.3, -0.25) is 0 Å². The van der Waals surface area contributed by atoms with Crippen molar-refractivity contribution < 1.29 is 0 Å². The van der Waals surface area contributed by atoms with Gasteiger partial charge in [-0.1, -0.05) is 18.6 Å². The molecule has 5 rings (SSSR count). The lowest BCUT2D eigenvalue weighted by Gasteiger charge is -2.26. The highest BCUT2D eigenvalue weighted by Crippen LogP contribution is 2.27. The molecule has 0 aliphatic carbocycles. The van der Waals surface area contributed by atoms with E-state index in [1.165, 1.54) is 43.5 Å². The Kier molecular flexibility index (Phi) is 5.63. The summed E-state index contributed by atoms with van der Waals surface area (Å²) in [6.45, 7) is 5.79. The van der Waals surface area contributed by atoms with Crippen molar-refractivity contribution in [1.82, 2.24) is 24.8 Å². The Balaban J connectivity index is 1.30. The second-order valence-electron chi connectivity index (χ2n) is 8.29. The summed E-state index contributed by atoms with van der Waals surface area (Å²) >= 11 is 0. The summed E-state index contributed by atoms with van der Waals surface area (Å²) in [5, 5.41) is 4.45. The van der Waals surface area contributed by atoms with Gasteiger partial charge in [0.05, 0.1) is 5.69 Å². The summed E-state index contributed by atoms with van der Waals surface area (Å²) in [6.07, 6.45) is 10.7. The van der Waals surface area contributed by atoms with Crippen LogP contribution in [-0.4, -0.2) is 44.5 Å². The summed E-state index contributed by atoms with van der Waals surface area (Å²) in [4.78, 5) is 19.3. The van der Waals surface area contributed by atoms with Crippen molar-refractivity contribution in [2.75, 3.05) is 25.0 Å². The lowest BCUT2D eigenvalue weighted by Crippen LogP contribution is -2.31. The van der Waals surface area contributed by atoms with E-state index in [1.807, 2.05) is 18.3 Å². The maximum atomic E-state index is 4.75. The van der Waals surface area contributed by atoms with E-state index in [1.54, 1.807) is 12.4 Å². The molecule has 31 heavy (non-hydrogen) atoms.